The molecule has 0 unspecified atom stereocenters. The fraction of sp³-hybridized carbons (Fsp3) is 0.557. The monoisotopic (exact) mass is 1450 g/mol. The number of hydrogen-bond acceptors (Lipinski definition) is 18. The number of aryl methyl sites for hydroxylation is 3. The van der Waals surface area contributed by atoms with E-state index in [2.05, 4.69) is 73.8 Å². The number of unbranched alkanes of at least 4 members (excludes halogenated alkanes) is 4. The Labute approximate surface area is 577 Å². The molecule has 39 heteroatoms. The van der Waals surface area contributed by atoms with Crippen molar-refractivity contribution in [3.05, 3.63) is 70.5 Å². The number of aliphatic carboxylic acids is 1. The maximum atomic E-state index is 13.8. The van der Waals surface area contributed by atoms with Gasteiger partial charge in [-0.3, -0.25) is 66.6 Å². The largest absolute Gasteiger partial charge is 0.494 e. The highest BCUT2D eigenvalue weighted by Gasteiger charge is 2.29. The third-order valence-electron chi connectivity index (χ3n) is 14.6. The van der Waals surface area contributed by atoms with E-state index in [9.17, 15) is 81.6 Å². The molecule has 11 amide bonds. The number of guanidine groups is 1. The molecule has 0 aliphatic rings. The van der Waals surface area contributed by atoms with Crippen molar-refractivity contribution < 1.29 is 96.1 Å². The highest BCUT2D eigenvalue weighted by atomic mass is 31.2. The number of carboxylic acid groups (broad SMARTS) is 1. The molecular weight excluding hydrogens is 1350 g/mol. The van der Waals surface area contributed by atoms with E-state index in [1.54, 1.807) is 49.0 Å². The quantitative estimate of drug-likeness (QED) is 0.0131. The number of aliphatic imine (C=N–C) groups is 1. The lowest BCUT2D eigenvalue weighted by molar-refractivity contribution is -0.139. The van der Waals surface area contributed by atoms with E-state index in [4.69, 9.17) is 26.0 Å². The first kappa shape index (κ1) is 84.8. The van der Waals surface area contributed by atoms with Crippen LogP contribution in [0.25, 0.3) is 0 Å². The zero-order chi connectivity index (χ0) is 74.4. The van der Waals surface area contributed by atoms with Gasteiger partial charge in [-0.1, -0.05) is 11.3 Å². The van der Waals surface area contributed by atoms with E-state index in [1.165, 1.54) is 26.0 Å². The number of rotatable bonds is 48. The Bertz CT molecular complexity index is 3390. The van der Waals surface area contributed by atoms with Crippen LogP contribution in [-0.4, -0.2) is 199 Å². The number of nitrogens with one attached hydrogen (secondary N) is 11. The maximum absolute atomic E-state index is 13.8. The molecule has 0 fully saturated rings. The Morgan fingerprint density at radius 1 is 0.570 bits per heavy atom. The van der Waals surface area contributed by atoms with Gasteiger partial charge in [0, 0.05) is 83.5 Å². The van der Waals surface area contributed by atoms with Crippen molar-refractivity contribution in [1.29, 1.82) is 0 Å². The number of carbonyl (C=O) groups excluding carboxylic acids is 11. The number of ether oxygens (including phenoxy) is 1. The van der Waals surface area contributed by atoms with Crippen LogP contribution in [0.15, 0.2) is 47.6 Å². The number of nitrogens with two attached hydrogens (primary N) is 2. The van der Waals surface area contributed by atoms with Crippen LogP contribution in [0.4, 0.5) is 5.69 Å². The van der Waals surface area contributed by atoms with Crippen LogP contribution < -0.4 is 74.7 Å². The first-order valence-electron chi connectivity index (χ1n) is 32.4. The fourth-order valence-corrected chi connectivity index (χ4v) is 10.6. The molecule has 1 aromatic heterocycles. The van der Waals surface area contributed by atoms with Gasteiger partial charge in [-0.05, 0) is 132 Å². The molecule has 37 nitrogen and oxygen atoms in total. The summed E-state index contributed by atoms with van der Waals surface area (Å²) in [6.45, 7) is 6.14. The minimum atomic E-state index is -4.54. The van der Waals surface area contributed by atoms with Crippen LogP contribution in [0.5, 0.6) is 5.75 Å². The number of carbonyl (C=O) groups is 12. The molecule has 0 bridgehead atoms. The molecule has 100 heavy (non-hydrogen) atoms. The summed E-state index contributed by atoms with van der Waals surface area (Å²) in [6, 6.07) is 4.33. The molecule has 20 N–H and O–H groups in total. The lowest BCUT2D eigenvalue weighted by atomic mass is 10.0. The second kappa shape index (κ2) is 44.6. The highest BCUT2D eigenvalue weighted by molar-refractivity contribution is 7.52. The molecule has 0 saturated heterocycles. The van der Waals surface area contributed by atoms with Gasteiger partial charge < -0.3 is 99.4 Å². The van der Waals surface area contributed by atoms with Gasteiger partial charge in [0.2, 0.25) is 53.2 Å². The summed E-state index contributed by atoms with van der Waals surface area (Å²) in [5.74, 6) is -7.46. The van der Waals surface area contributed by atoms with Gasteiger partial charge in [-0.15, -0.1) is 5.10 Å². The van der Waals surface area contributed by atoms with Crippen LogP contribution in [-0.2, 0) is 70.2 Å². The van der Waals surface area contributed by atoms with E-state index in [0.29, 0.717) is 86.4 Å². The number of amides is 11. The van der Waals surface area contributed by atoms with E-state index in [1.807, 2.05) is 0 Å². The predicted molar refractivity (Wildman–Crippen MR) is 362 cm³/mol. The fourth-order valence-electron chi connectivity index (χ4n) is 9.59. The zero-order valence-electron chi connectivity index (χ0n) is 56.4. The lowest BCUT2D eigenvalue weighted by Crippen LogP contribution is -2.53. The van der Waals surface area contributed by atoms with Crippen molar-refractivity contribution in [3.8, 4) is 5.75 Å². The summed E-state index contributed by atoms with van der Waals surface area (Å²) >= 11 is 0. The average Bonchev–Trinajstić information content (AvgIpc) is 0.942. The Balaban J connectivity index is 1.49. The zero-order valence-corrected chi connectivity index (χ0v) is 58.2. The number of aromatic nitrogens is 3. The first-order valence-corrected chi connectivity index (χ1v) is 36.0. The van der Waals surface area contributed by atoms with Crippen molar-refractivity contribution in [1.82, 2.24) is 73.5 Å². The minimum Gasteiger partial charge on any atom is -0.494 e. The molecule has 0 saturated carbocycles. The molecule has 4 atom stereocenters. The molecular formula is C61H95N17O20P2. The Morgan fingerprint density at radius 2 is 1.13 bits per heavy atom. The van der Waals surface area contributed by atoms with Crippen LogP contribution in [0.3, 0.4) is 0 Å². The molecule has 3 rings (SSSR count). The molecule has 0 aliphatic heterocycles. The smallest absolute Gasteiger partial charge is 0.328 e. The summed E-state index contributed by atoms with van der Waals surface area (Å²) in [7, 11) is -8.93. The number of carboxylic acids is 1. The van der Waals surface area contributed by atoms with Crippen LogP contribution in [0, 0.1) is 13.8 Å². The molecule has 2 aromatic carbocycles. The van der Waals surface area contributed by atoms with Crippen molar-refractivity contribution >= 4 is 97.8 Å². The molecule has 554 valence electrons. The van der Waals surface area contributed by atoms with Gasteiger partial charge >= 0.3 is 21.2 Å². The Morgan fingerprint density at radius 3 is 1.72 bits per heavy atom. The standard InChI is InChI=1S/C61H95N17O20P2/c1-38-31-45(32-39(2)54(38)59(89)75-49(60(90)91)35-68-53(84)36-70-55(85)42-15-13-16-43(33-42)72-61(62)63)98-28-14-26-66-50(81)20-8-12-27-78-37-44(76-77-78)34-69-57(87)47(74-58(88)48(71-41(4)80)19-5-9-23-64-40(3)79)18-7-11-25-67-56(86)46(73-52(83)22-30-100(95,96)97)17-6-10-24-65-51(82)21-29-99(92,93)94/h13,15-16,31-33,37,46-49H,5-12,14,17-30,34-36H2,1-4H3,(H,64,79)(H,65,82)(H,66,81)(H,67,86)(H,68,84)(H,69,87)(H,70,85)(H,71,80)(H,73,83)(H,74,88)(H,75,89)(H,90,91)(H4,62,63,72)(H2,92,93,94)(H2,95,96,97)/t46-,47-,48-,49-/m0/s1. The highest BCUT2D eigenvalue weighted by Crippen LogP contribution is 2.35. The average molecular weight is 1450 g/mol. The van der Waals surface area contributed by atoms with Gasteiger partial charge in [0.1, 0.15) is 35.6 Å². The van der Waals surface area contributed by atoms with E-state index in [-0.39, 0.29) is 100 Å². The molecule has 0 radical (unpaired) electrons. The molecule has 0 aliphatic carbocycles. The molecule has 0 spiro atoms. The van der Waals surface area contributed by atoms with Gasteiger partial charge in [0.15, 0.2) is 5.96 Å². The number of benzene rings is 2. The number of hydrogen-bond donors (Lipinski definition) is 18. The lowest BCUT2D eigenvalue weighted by Gasteiger charge is -2.23. The van der Waals surface area contributed by atoms with Crippen LogP contribution in [0.2, 0.25) is 0 Å². The summed E-state index contributed by atoms with van der Waals surface area (Å²) in [5.41, 5.74) is 12.8. The molecule has 1 heterocycles. The van der Waals surface area contributed by atoms with Crippen LogP contribution in [0.1, 0.15) is 148 Å². The Hall–Kier alpha value is -9.41. The predicted octanol–water partition coefficient (Wildman–Crippen LogP) is -1.61. The van der Waals surface area contributed by atoms with E-state index >= 15 is 0 Å². The summed E-state index contributed by atoms with van der Waals surface area (Å²) in [4.78, 5) is 193. The summed E-state index contributed by atoms with van der Waals surface area (Å²) < 4.78 is 29.9. The SMILES string of the molecule is CC(=O)NCCCC[C@H](NC(C)=O)C(=O)N[C@@H](CCCCNC(=O)[C@H](CCCCNC(=O)CCP(=O)(O)O)NC(=O)CCP(=O)(O)O)C(=O)NCc1cn(CCCCC(=O)NCCCOc2cc(C)c(C(=O)N[C@@H](CNC(=O)CNC(=O)c3cccc(N=C(N)N)c3)C(=O)O)c(C)c2)nn1. The second-order valence-electron chi connectivity index (χ2n) is 23.4. The van der Waals surface area contributed by atoms with Crippen molar-refractivity contribution in [2.45, 2.75) is 161 Å². The van der Waals surface area contributed by atoms with Crippen molar-refractivity contribution in [2.75, 3.05) is 58.2 Å². The minimum absolute atomic E-state index is 0.0239. The summed E-state index contributed by atoms with van der Waals surface area (Å²) in [5, 5.41) is 46.6. The number of nitrogens with zero attached hydrogens (tertiary/aromatic N) is 4. The summed E-state index contributed by atoms with van der Waals surface area (Å²) in [6.07, 6.45) is 3.15. The van der Waals surface area contributed by atoms with Crippen LogP contribution >= 0.6 is 15.2 Å². The molecule has 3 aromatic rings. The van der Waals surface area contributed by atoms with E-state index < -0.39 is 137 Å². The third-order valence-corrected chi connectivity index (χ3v) is 16.2. The second-order valence-corrected chi connectivity index (χ2v) is 26.9. The normalized spacial score (nSPS) is 12.4. The van der Waals surface area contributed by atoms with Gasteiger partial charge in [0.25, 0.3) is 11.8 Å². The maximum Gasteiger partial charge on any atom is 0.328 e. The first-order chi connectivity index (χ1) is 47.2. The van der Waals surface area contributed by atoms with Gasteiger partial charge in [-0.25, -0.2) is 9.79 Å². The van der Waals surface area contributed by atoms with Crippen molar-refractivity contribution in [3.63, 3.8) is 0 Å². The Kier molecular flexibility index (Phi) is 37.8. The topological polar surface area (TPSA) is 577 Å². The van der Waals surface area contributed by atoms with Gasteiger partial charge in [0.05, 0.1) is 43.9 Å². The van der Waals surface area contributed by atoms with Gasteiger partial charge in [-0.2, -0.15) is 0 Å². The van der Waals surface area contributed by atoms with Crippen molar-refractivity contribution in [2.24, 2.45) is 16.5 Å². The third kappa shape index (κ3) is 37.0. The van der Waals surface area contributed by atoms with E-state index in [0.717, 1.165) is 0 Å².